The summed E-state index contributed by atoms with van der Waals surface area (Å²) >= 11 is 0. The van der Waals surface area contributed by atoms with Crippen LogP contribution >= 0.6 is 0 Å². The number of quaternary nitrogens is 1. The number of carbonyl (C=O) groups is 1. The van der Waals surface area contributed by atoms with Gasteiger partial charge in [-0.05, 0) is 5.56 Å². The largest absolute Gasteiger partial charge is 0.461 e. The van der Waals surface area contributed by atoms with Crippen LogP contribution in [0, 0.1) is 0 Å². The van der Waals surface area contributed by atoms with Gasteiger partial charge < -0.3 is 10.5 Å². The average Bonchev–Trinajstić information content (AvgIpc) is 2.41. The Morgan fingerprint density at radius 2 is 2.06 bits per heavy atom. The smallest absolute Gasteiger partial charge is 0.306 e. The zero-order valence-electron chi connectivity index (χ0n) is 10.6. The molecule has 0 spiro atoms. The number of esters is 1. The van der Waals surface area contributed by atoms with Crippen molar-refractivity contribution in [2.24, 2.45) is 0 Å². The fraction of sp³-hybridized carbons (Fsp3) is 0.462. The van der Waals surface area contributed by atoms with Crippen LogP contribution in [0.3, 0.4) is 0 Å². The third-order valence-corrected chi connectivity index (χ3v) is 2.42. The molecule has 0 fully saturated rings. The highest BCUT2D eigenvalue weighted by Gasteiger charge is 2.11. The first-order chi connectivity index (χ1) is 8.72. The van der Waals surface area contributed by atoms with Crippen molar-refractivity contribution in [2.45, 2.75) is 25.5 Å². The number of carbonyl (C=O) groups excluding carboxylic acids is 1. The maximum Gasteiger partial charge on any atom is 0.306 e. The quantitative estimate of drug-likeness (QED) is 0.421. The Morgan fingerprint density at radius 3 is 2.72 bits per heavy atom. The van der Waals surface area contributed by atoms with Crippen molar-refractivity contribution in [3.05, 3.63) is 35.9 Å². The normalized spacial score (nSPS) is 12.1. The van der Waals surface area contributed by atoms with Crippen LogP contribution in [0.15, 0.2) is 30.3 Å². The van der Waals surface area contributed by atoms with Gasteiger partial charge in [-0.3, -0.25) is 4.79 Å². The molecule has 0 saturated heterocycles. The van der Waals surface area contributed by atoms with Gasteiger partial charge in [0.2, 0.25) is 0 Å². The number of hydrogen-bond acceptors (Lipinski definition) is 4. The SMILES string of the molecule is COOC[C@@H]([NH3+])CCC(=O)OCc1ccccc1. The molecule has 0 aromatic heterocycles. The van der Waals surface area contributed by atoms with Crippen LogP contribution in [0.25, 0.3) is 0 Å². The lowest BCUT2D eigenvalue weighted by molar-refractivity contribution is -0.447. The summed E-state index contributed by atoms with van der Waals surface area (Å²) in [5, 5.41) is 0. The zero-order valence-corrected chi connectivity index (χ0v) is 10.6. The highest BCUT2D eigenvalue weighted by Crippen LogP contribution is 2.03. The first-order valence-electron chi connectivity index (χ1n) is 5.90. The van der Waals surface area contributed by atoms with Gasteiger partial charge in [-0.2, -0.15) is 0 Å². The van der Waals surface area contributed by atoms with Gasteiger partial charge >= 0.3 is 5.97 Å². The summed E-state index contributed by atoms with van der Waals surface area (Å²) in [5.74, 6) is -0.218. The highest BCUT2D eigenvalue weighted by atomic mass is 17.2. The van der Waals surface area contributed by atoms with E-state index in [1.807, 2.05) is 30.3 Å². The Bertz CT molecular complexity index is 342. The molecule has 3 N–H and O–H groups in total. The minimum atomic E-state index is -0.218. The fourth-order valence-electron chi connectivity index (χ4n) is 1.38. The van der Waals surface area contributed by atoms with E-state index in [-0.39, 0.29) is 12.0 Å². The summed E-state index contributed by atoms with van der Waals surface area (Å²) in [4.78, 5) is 20.7. The third-order valence-electron chi connectivity index (χ3n) is 2.42. The third kappa shape index (κ3) is 6.34. The van der Waals surface area contributed by atoms with Crippen LogP contribution < -0.4 is 5.73 Å². The average molecular weight is 254 g/mol. The monoisotopic (exact) mass is 254 g/mol. The molecule has 5 nitrogen and oxygen atoms in total. The van der Waals surface area contributed by atoms with E-state index in [4.69, 9.17) is 9.62 Å². The summed E-state index contributed by atoms with van der Waals surface area (Å²) in [6, 6.07) is 9.62. The van der Waals surface area contributed by atoms with Crippen molar-refractivity contribution in [2.75, 3.05) is 13.7 Å². The standard InChI is InChI=1S/C13H19NO4/c1-16-18-10-12(14)7-8-13(15)17-9-11-5-3-2-4-6-11/h2-6,12H,7-10,14H2,1H3/p+1/t12-/m0/s1. The molecule has 100 valence electrons. The Morgan fingerprint density at radius 1 is 1.33 bits per heavy atom. The first kappa shape index (κ1) is 14.6. The van der Waals surface area contributed by atoms with Crippen LogP contribution in [0.2, 0.25) is 0 Å². The number of rotatable bonds is 8. The predicted molar refractivity (Wildman–Crippen MR) is 65.1 cm³/mol. The van der Waals surface area contributed by atoms with Crippen LogP contribution in [0.5, 0.6) is 0 Å². The number of ether oxygens (including phenoxy) is 1. The molecule has 0 saturated carbocycles. The second-order valence-corrected chi connectivity index (χ2v) is 4.00. The van der Waals surface area contributed by atoms with E-state index in [2.05, 4.69) is 10.6 Å². The Labute approximate surface area is 107 Å². The van der Waals surface area contributed by atoms with Crippen molar-refractivity contribution in [1.82, 2.24) is 0 Å². The summed E-state index contributed by atoms with van der Waals surface area (Å²) < 4.78 is 5.14. The van der Waals surface area contributed by atoms with Gasteiger partial charge in [-0.1, -0.05) is 30.3 Å². The topological polar surface area (TPSA) is 72.4 Å². The van der Waals surface area contributed by atoms with Crippen LogP contribution in [-0.2, 0) is 25.9 Å². The van der Waals surface area contributed by atoms with Crippen molar-refractivity contribution in [1.29, 1.82) is 0 Å². The van der Waals surface area contributed by atoms with Gasteiger partial charge in [0.25, 0.3) is 0 Å². The second kappa shape index (κ2) is 8.63. The molecule has 1 atom stereocenters. The maximum absolute atomic E-state index is 11.5. The molecular weight excluding hydrogens is 234 g/mol. The summed E-state index contributed by atoms with van der Waals surface area (Å²) in [6.07, 6.45) is 0.963. The van der Waals surface area contributed by atoms with E-state index in [9.17, 15) is 4.79 Å². The maximum atomic E-state index is 11.5. The second-order valence-electron chi connectivity index (χ2n) is 4.00. The first-order valence-corrected chi connectivity index (χ1v) is 5.90. The van der Waals surface area contributed by atoms with E-state index in [0.717, 1.165) is 5.56 Å². The summed E-state index contributed by atoms with van der Waals surface area (Å²) in [7, 11) is 1.45. The molecule has 5 heteroatoms. The van der Waals surface area contributed by atoms with Crippen molar-refractivity contribution < 1.29 is 25.0 Å². The molecule has 0 aliphatic rings. The molecule has 0 unspecified atom stereocenters. The highest BCUT2D eigenvalue weighted by molar-refractivity contribution is 5.69. The van der Waals surface area contributed by atoms with E-state index >= 15 is 0 Å². The summed E-state index contributed by atoms with van der Waals surface area (Å²) in [5.41, 5.74) is 4.84. The van der Waals surface area contributed by atoms with E-state index in [1.54, 1.807) is 0 Å². The molecule has 0 heterocycles. The van der Waals surface area contributed by atoms with Gasteiger partial charge in [0, 0.05) is 6.42 Å². The van der Waals surface area contributed by atoms with Crippen LogP contribution in [-0.4, -0.2) is 25.7 Å². The lowest BCUT2D eigenvalue weighted by atomic mass is 10.2. The molecule has 0 aliphatic heterocycles. The molecule has 1 aromatic rings. The summed E-state index contributed by atoms with van der Waals surface area (Å²) in [6.45, 7) is 0.693. The molecular formula is C13H20NO4+. The van der Waals surface area contributed by atoms with Gasteiger partial charge in [0.1, 0.15) is 19.3 Å². The lowest BCUT2D eigenvalue weighted by Crippen LogP contribution is -2.63. The van der Waals surface area contributed by atoms with Gasteiger partial charge in [0.15, 0.2) is 0 Å². The molecule has 0 aliphatic carbocycles. The molecule has 18 heavy (non-hydrogen) atoms. The minimum absolute atomic E-state index is 0.0224. The van der Waals surface area contributed by atoms with E-state index in [1.165, 1.54) is 7.11 Å². The van der Waals surface area contributed by atoms with E-state index in [0.29, 0.717) is 26.1 Å². The fourth-order valence-corrected chi connectivity index (χ4v) is 1.38. The Balaban J connectivity index is 2.14. The molecule has 0 bridgehead atoms. The Hall–Kier alpha value is -1.43. The Kier molecular flexibility index (Phi) is 7.01. The minimum Gasteiger partial charge on any atom is -0.461 e. The molecule has 1 rings (SSSR count). The van der Waals surface area contributed by atoms with Crippen molar-refractivity contribution in [3.63, 3.8) is 0 Å². The molecule has 0 amide bonds. The predicted octanol–water partition coefficient (Wildman–Crippen LogP) is 0.699. The zero-order chi connectivity index (χ0) is 13.2. The van der Waals surface area contributed by atoms with Crippen molar-refractivity contribution in [3.8, 4) is 0 Å². The number of hydrogen-bond donors (Lipinski definition) is 1. The number of benzene rings is 1. The van der Waals surface area contributed by atoms with Crippen LogP contribution in [0.1, 0.15) is 18.4 Å². The van der Waals surface area contributed by atoms with Gasteiger partial charge in [0.05, 0.1) is 13.5 Å². The van der Waals surface area contributed by atoms with Crippen molar-refractivity contribution >= 4 is 5.97 Å². The van der Waals surface area contributed by atoms with Gasteiger partial charge in [-0.15, -0.1) is 0 Å². The van der Waals surface area contributed by atoms with E-state index < -0.39 is 0 Å². The molecule has 1 aromatic carbocycles. The van der Waals surface area contributed by atoms with Gasteiger partial charge in [-0.25, -0.2) is 9.78 Å². The molecule has 0 radical (unpaired) electrons. The lowest BCUT2D eigenvalue weighted by Gasteiger charge is -2.08. The van der Waals surface area contributed by atoms with Crippen LogP contribution in [0.4, 0.5) is 0 Å².